The van der Waals surface area contributed by atoms with E-state index in [-0.39, 0.29) is 0 Å². The van der Waals surface area contributed by atoms with Gasteiger partial charge in [-0.25, -0.2) is 14.5 Å². The zero-order valence-corrected chi connectivity index (χ0v) is 13.3. The zero-order chi connectivity index (χ0) is 16.7. The smallest absolute Gasteiger partial charge is 0.129 e. The lowest BCUT2D eigenvalue weighted by molar-refractivity contribution is 0.768. The molecule has 0 saturated heterocycles. The third kappa shape index (κ3) is 2.30. The van der Waals surface area contributed by atoms with Gasteiger partial charge in [0.15, 0.2) is 0 Å². The number of nitriles is 1. The van der Waals surface area contributed by atoms with Crippen molar-refractivity contribution >= 4 is 17.1 Å². The molecule has 0 amide bonds. The van der Waals surface area contributed by atoms with Gasteiger partial charge in [0.05, 0.1) is 30.0 Å². The summed E-state index contributed by atoms with van der Waals surface area (Å²) < 4.78 is 3.35. The van der Waals surface area contributed by atoms with Gasteiger partial charge in [0.25, 0.3) is 0 Å². The number of pyridine rings is 1. The van der Waals surface area contributed by atoms with Crippen LogP contribution in [0.2, 0.25) is 5.15 Å². The summed E-state index contributed by atoms with van der Waals surface area (Å²) in [6.07, 6.45) is 8.53. The maximum atomic E-state index is 9.35. The standard InChI is InChI=1S/C16H10ClN7/c1-23-8-12(7-20-23)13-9-24-16(11(4-18)6-21-24)15(22-13)10-2-3-14(17)19-5-10/h2-3,5-9H,1H3. The number of aromatic nitrogens is 6. The fraction of sp³-hybridized carbons (Fsp3) is 0.0625. The fourth-order valence-corrected chi connectivity index (χ4v) is 2.62. The molecular weight excluding hydrogens is 326 g/mol. The maximum Gasteiger partial charge on any atom is 0.129 e. The van der Waals surface area contributed by atoms with Gasteiger partial charge in [-0.15, -0.1) is 0 Å². The van der Waals surface area contributed by atoms with Crippen LogP contribution in [0.3, 0.4) is 0 Å². The van der Waals surface area contributed by atoms with Crippen LogP contribution >= 0.6 is 11.6 Å². The second kappa shape index (κ2) is 5.44. The van der Waals surface area contributed by atoms with Crippen LogP contribution in [0.1, 0.15) is 5.56 Å². The molecule has 0 saturated carbocycles. The van der Waals surface area contributed by atoms with E-state index in [1.807, 2.05) is 19.3 Å². The highest BCUT2D eigenvalue weighted by atomic mass is 35.5. The van der Waals surface area contributed by atoms with E-state index >= 15 is 0 Å². The molecule has 4 rings (SSSR count). The van der Waals surface area contributed by atoms with Crippen molar-refractivity contribution in [3.05, 3.63) is 53.8 Å². The van der Waals surface area contributed by atoms with E-state index in [1.165, 1.54) is 6.20 Å². The van der Waals surface area contributed by atoms with E-state index in [4.69, 9.17) is 16.6 Å². The summed E-state index contributed by atoms with van der Waals surface area (Å²) in [4.78, 5) is 8.82. The van der Waals surface area contributed by atoms with E-state index in [0.29, 0.717) is 27.6 Å². The summed E-state index contributed by atoms with van der Waals surface area (Å²) in [6, 6.07) is 5.66. The molecule has 0 aromatic carbocycles. The van der Waals surface area contributed by atoms with Crippen molar-refractivity contribution in [2.75, 3.05) is 0 Å². The molecular formula is C16H10ClN7. The molecule has 4 aromatic rings. The van der Waals surface area contributed by atoms with Crippen molar-refractivity contribution in [2.45, 2.75) is 0 Å². The minimum Gasteiger partial charge on any atom is -0.275 e. The first-order chi connectivity index (χ1) is 11.7. The predicted octanol–water partition coefficient (Wildman–Crippen LogP) is 2.72. The van der Waals surface area contributed by atoms with Gasteiger partial charge in [-0.1, -0.05) is 11.6 Å². The average Bonchev–Trinajstić information content (AvgIpc) is 3.20. The van der Waals surface area contributed by atoms with Gasteiger partial charge in [0.2, 0.25) is 0 Å². The number of nitrogens with zero attached hydrogens (tertiary/aromatic N) is 7. The van der Waals surface area contributed by atoms with Gasteiger partial charge in [0, 0.05) is 30.6 Å². The van der Waals surface area contributed by atoms with Crippen LogP contribution in [0.15, 0.2) is 43.1 Å². The molecule has 4 heterocycles. The number of rotatable bonds is 2. The first kappa shape index (κ1) is 14.4. The highest BCUT2D eigenvalue weighted by Gasteiger charge is 2.16. The predicted molar refractivity (Wildman–Crippen MR) is 88.1 cm³/mol. The highest BCUT2D eigenvalue weighted by molar-refractivity contribution is 6.29. The molecule has 24 heavy (non-hydrogen) atoms. The molecule has 0 aliphatic carbocycles. The Labute approximate surface area is 141 Å². The zero-order valence-electron chi connectivity index (χ0n) is 12.5. The van der Waals surface area contributed by atoms with Crippen LogP contribution in [-0.4, -0.2) is 29.4 Å². The van der Waals surface area contributed by atoms with E-state index in [1.54, 1.807) is 33.9 Å². The number of fused-ring (bicyclic) bond motifs is 1. The molecule has 0 unspecified atom stereocenters. The quantitative estimate of drug-likeness (QED) is 0.526. The Hall–Kier alpha value is -3.24. The van der Waals surface area contributed by atoms with Gasteiger partial charge >= 0.3 is 0 Å². The topological polar surface area (TPSA) is 84.7 Å². The molecule has 7 nitrogen and oxygen atoms in total. The van der Waals surface area contributed by atoms with Gasteiger partial charge < -0.3 is 0 Å². The largest absolute Gasteiger partial charge is 0.275 e. The van der Waals surface area contributed by atoms with Crippen molar-refractivity contribution in [2.24, 2.45) is 7.05 Å². The molecule has 0 aliphatic rings. The van der Waals surface area contributed by atoms with Crippen LogP contribution in [0.25, 0.3) is 28.0 Å². The third-order valence-corrected chi connectivity index (χ3v) is 3.84. The molecule has 0 fully saturated rings. The van der Waals surface area contributed by atoms with Gasteiger partial charge in [-0.3, -0.25) is 4.68 Å². The van der Waals surface area contributed by atoms with Crippen molar-refractivity contribution < 1.29 is 0 Å². The normalized spacial score (nSPS) is 10.9. The second-order valence-electron chi connectivity index (χ2n) is 5.21. The summed E-state index contributed by atoms with van der Waals surface area (Å²) in [5.41, 5.74) is 4.02. The van der Waals surface area contributed by atoms with Crippen LogP contribution in [-0.2, 0) is 7.05 Å². The monoisotopic (exact) mass is 335 g/mol. The van der Waals surface area contributed by atoms with Crippen LogP contribution in [0.4, 0.5) is 0 Å². The van der Waals surface area contributed by atoms with Crippen molar-refractivity contribution in [1.29, 1.82) is 5.26 Å². The molecule has 116 valence electrons. The number of halogens is 1. The van der Waals surface area contributed by atoms with Gasteiger partial charge in [-0.05, 0) is 12.1 Å². The number of aryl methyl sites for hydroxylation is 1. The lowest BCUT2D eigenvalue weighted by Crippen LogP contribution is -1.97. The summed E-state index contributed by atoms with van der Waals surface area (Å²) in [7, 11) is 1.84. The summed E-state index contributed by atoms with van der Waals surface area (Å²) in [5.74, 6) is 0. The lowest BCUT2D eigenvalue weighted by atomic mass is 10.1. The van der Waals surface area contributed by atoms with Crippen LogP contribution in [0, 0.1) is 11.3 Å². The van der Waals surface area contributed by atoms with E-state index in [9.17, 15) is 5.26 Å². The van der Waals surface area contributed by atoms with E-state index < -0.39 is 0 Å². The van der Waals surface area contributed by atoms with Gasteiger partial charge in [0.1, 0.15) is 22.3 Å². The summed E-state index contributed by atoms with van der Waals surface area (Å²) in [6.45, 7) is 0. The van der Waals surface area contributed by atoms with Crippen LogP contribution < -0.4 is 0 Å². The minimum atomic E-state index is 0.396. The third-order valence-electron chi connectivity index (χ3n) is 3.62. The van der Waals surface area contributed by atoms with Crippen molar-refractivity contribution in [3.63, 3.8) is 0 Å². The van der Waals surface area contributed by atoms with Gasteiger partial charge in [-0.2, -0.15) is 15.5 Å². The molecule has 0 spiro atoms. The Balaban J connectivity index is 2.02. The SMILES string of the molecule is Cn1cc(-c2cn3ncc(C#N)c3c(-c3ccc(Cl)nc3)n2)cn1. The molecule has 0 radical (unpaired) electrons. The van der Waals surface area contributed by atoms with E-state index in [0.717, 1.165) is 11.1 Å². The number of hydrogen-bond donors (Lipinski definition) is 0. The Kier molecular flexibility index (Phi) is 3.25. The lowest BCUT2D eigenvalue weighted by Gasteiger charge is -2.07. The molecule has 0 N–H and O–H groups in total. The Morgan fingerprint density at radius 2 is 1.96 bits per heavy atom. The van der Waals surface area contributed by atoms with Crippen molar-refractivity contribution in [1.82, 2.24) is 29.4 Å². The Bertz CT molecular complexity index is 1090. The first-order valence-electron chi connectivity index (χ1n) is 7.05. The minimum absolute atomic E-state index is 0.396. The molecule has 0 aliphatic heterocycles. The van der Waals surface area contributed by atoms with Crippen molar-refractivity contribution in [3.8, 4) is 28.6 Å². The summed E-state index contributed by atoms with van der Waals surface area (Å²) >= 11 is 5.87. The first-order valence-corrected chi connectivity index (χ1v) is 7.43. The average molecular weight is 336 g/mol. The Morgan fingerprint density at radius 1 is 1.08 bits per heavy atom. The molecule has 8 heteroatoms. The molecule has 0 bridgehead atoms. The molecule has 4 aromatic heterocycles. The van der Waals surface area contributed by atoms with E-state index in [2.05, 4.69) is 21.3 Å². The Morgan fingerprint density at radius 3 is 2.62 bits per heavy atom. The fourth-order valence-electron chi connectivity index (χ4n) is 2.51. The summed E-state index contributed by atoms with van der Waals surface area (Å²) in [5, 5.41) is 18.2. The second-order valence-corrected chi connectivity index (χ2v) is 5.60. The van der Waals surface area contributed by atoms with Crippen LogP contribution in [0.5, 0.6) is 0 Å². The molecule has 0 atom stereocenters. The number of hydrogen-bond acceptors (Lipinski definition) is 5. The highest BCUT2D eigenvalue weighted by Crippen LogP contribution is 2.28. The maximum absolute atomic E-state index is 9.35.